The Hall–Kier alpha value is -2.23. The summed E-state index contributed by atoms with van der Waals surface area (Å²) in [6, 6.07) is 10.0. The molecule has 4 nitrogen and oxygen atoms in total. The lowest BCUT2D eigenvalue weighted by molar-refractivity contribution is -0.666. The number of fused-ring (bicyclic) bond motifs is 1. The van der Waals surface area contributed by atoms with Crippen LogP contribution in [0.2, 0.25) is 0 Å². The molecule has 84 valence electrons. The second-order valence-electron chi connectivity index (χ2n) is 4.04. The first-order chi connectivity index (χ1) is 8.27. The highest BCUT2D eigenvalue weighted by Gasteiger charge is 2.18. The van der Waals surface area contributed by atoms with Gasteiger partial charge in [-0.3, -0.25) is 0 Å². The van der Waals surface area contributed by atoms with Gasteiger partial charge >= 0.3 is 5.82 Å². The molecule has 0 aliphatic carbocycles. The minimum absolute atomic E-state index is 0.895. The Morgan fingerprint density at radius 2 is 2.06 bits per heavy atom. The van der Waals surface area contributed by atoms with Crippen molar-refractivity contribution in [3.63, 3.8) is 0 Å². The van der Waals surface area contributed by atoms with Crippen molar-refractivity contribution in [2.75, 3.05) is 0 Å². The second kappa shape index (κ2) is 3.66. The van der Waals surface area contributed by atoms with Gasteiger partial charge in [0, 0.05) is 12.3 Å². The monoisotopic (exact) mass is 225 g/mol. The normalized spacial score (nSPS) is 10.9. The van der Waals surface area contributed by atoms with Gasteiger partial charge in [0.25, 0.3) is 5.65 Å². The Labute approximate surface area is 99.2 Å². The zero-order chi connectivity index (χ0) is 11.8. The van der Waals surface area contributed by atoms with Crippen LogP contribution in [0.4, 0.5) is 0 Å². The predicted molar refractivity (Wildman–Crippen MR) is 64.8 cm³/mol. The van der Waals surface area contributed by atoms with Gasteiger partial charge in [-0.15, -0.1) is 0 Å². The van der Waals surface area contributed by atoms with E-state index in [1.54, 1.807) is 6.20 Å². The maximum Gasteiger partial charge on any atom is 0.308 e. The SMILES string of the molecule is Cc1nn(-c2cccc[n+]2C)c2ncccc12. The molecule has 0 bridgehead atoms. The molecular weight excluding hydrogens is 212 g/mol. The Balaban J connectivity index is 2.35. The first-order valence-electron chi connectivity index (χ1n) is 5.53. The van der Waals surface area contributed by atoms with E-state index in [2.05, 4.69) is 10.1 Å². The van der Waals surface area contributed by atoms with Crippen molar-refractivity contribution in [1.82, 2.24) is 14.8 Å². The molecule has 4 heteroatoms. The number of aryl methyl sites for hydroxylation is 2. The smallest absolute Gasteiger partial charge is 0.235 e. The number of aromatic nitrogens is 4. The van der Waals surface area contributed by atoms with Crippen molar-refractivity contribution in [1.29, 1.82) is 0 Å². The number of rotatable bonds is 1. The minimum Gasteiger partial charge on any atom is -0.235 e. The van der Waals surface area contributed by atoms with E-state index in [0.717, 1.165) is 22.5 Å². The lowest BCUT2D eigenvalue weighted by Gasteiger charge is -1.98. The van der Waals surface area contributed by atoms with Crippen LogP contribution in [0, 0.1) is 6.92 Å². The highest BCUT2D eigenvalue weighted by atomic mass is 15.3. The summed E-state index contributed by atoms with van der Waals surface area (Å²) in [5.41, 5.74) is 1.89. The van der Waals surface area contributed by atoms with Gasteiger partial charge in [-0.2, -0.15) is 0 Å². The summed E-state index contributed by atoms with van der Waals surface area (Å²) in [5, 5.41) is 5.65. The van der Waals surface area contributed by atoms with Crippen LogP contribution in [0.5, 0.6) is 0 Å². The van der Waals surface area contributed by atoms with E-state index in [4.69, 9.17) is 0 Å². The number of pyridine rings is 2. The molecule has 0 N–H and O–H groups in total. The molecule has 0 aliphatic heterocycles. The standard InChI is InChI=1S/C13H13N4/c1-10-11-6-5-8-14-13(11)17(15-10)12-7-3-4-9-16(12)2/h3-9H,1-2H3/q+1. The zero-order valence-corrected chi connectivity index (χ0v) is 9.83. The third-order valence-corrected chi connectivity index (χ3v) is 2.87. The molecule has 0 unspecified atom stereocenters. The molecule has 0 amide bonds. The molecule has 3 rings (SSSR count). The maximum atomic E-state index is 4.55. The Kier molecular flexibility index (Phi) is 2.14. The summed E-state index contributed by atoms with van der Waals surface area (Å²) in [5.74, 6) is 1.00. The third kappa shape index (κ3) is 1.49. The quantitative estimate of drug-likeness (QED) is 0.589. The molecule has 0 aliphatic rings. The Bertz CT molecular complexity index is 685. The largest absolute Gasteiger partial charge is 0.308 e. The van der Waals surface area contributed by atoms with Crippen LogP contribution in [0.15, 0.2) is 42.7 Å². The van der Waals surface area contributed by atoms with Crippen molar-refractivity contribution in [3.05, 3.63) is 48.4 Å². The molecular formula is C13H13N4+. The van der Waals surface area contributed by atoms with Gasteiger partial charge in [0.1, 0.15) is 0 Å². The molecule has 0 fully saturated rings. The van der Waals surface area contributed by atoms with Crippen LogP contribution in [0.25, 0.3) is 16.9 Å². The minimum atomic E-state index is 0.895. The van der Waals surface area contributed by atoms with Gasteiger partial charge in [-0.25, -0.2) is 9.55 Å². The van der Waals surface area contributed by atoms with Crippen LogP contribution in [0.3, 0.4) is 0 Å². The van der Waals surface area contributed by atoms with E-state index in [1.807, 2.05) is 59.7 Å². The number of nitrogens with zero attached hydrogens (tertiary/aromatic N) is 4. The van der Waals surface area contributed by atoms with Crippen LogP contribution in [-0.4, -0.2) is 14.8 Å². The van der Waals surface area contributed by atoms with Crippen molar-refractivity contribution in [3.8, 4) is 5.82 Å². The summed E-state index contributed by atoms with van der Waals surface area (Å²) in [6.07, 6.45) is 3.80. The van der Waals surface area contributed by atoms with Crippen LogP contribution < -0.4 is 4.57 Å². The number of hydrogen-bond donors (Lipinski definition) is 0. The van der Waals surface area contributed by atoms with E-state index in [1.165, 1.54) is 0 Å². The summed E-state index contributed by atoms with van der Waals surface area (Å²) < 4.78 is 3.91. The summed E-state index contributed by atoms with van der Waals surface area (Å²) in [7, 11) is 2.00. The van der Waals surface area contributed by atoms with Crippen LogP contribution >= 0.6 is 0 Å². The lowest BCUT2D eigenvalue weighted by atomic mass is 10.3. The van der Waals surface area contributed by atoms with Gasteiger partial charge in [-0.05, 0) is 25.1 Å². The lowest BCUT2D eigenvalue weighted by Crippen LogP contribution is -2.33. The van der Waals surface area contributed by atoms with Gasteiger partial charge in [0.15, 0.2) is 0 Å². The van der Waals surface area contributed by atoms with Gasteiger partial charge in [0.2, 0.25) is 0 Å². The van der Waals surface area contributed by atoms with Crippen molar-refractivity contribution in [2.45, 2.75) is 6.92 Å². The molecule has 3 heterocycles. The van der Waals surface area contributed by atoms with E-state index < -0.39 is 0 Å². The average Bonchev–Trinajstić information content (AvgIpc) is 2.68. The fraction of sp³-hybridized carbons (Fsp3) is 0.154. The molecule has 0 saturated heterocycles. The number of hydrogen-bond acceptors (Lipinski definition) is 2. The van der Waals surface area contributed by atoms with Crippen molar-refractivity contribution >= 4 is 11.0 Å². The highest BCUT2D eigenvalue weighted by Crippen LogP contribution is 2.17. The molecule has 0 aromatic carbocycles. The second-order valence-corrected chi connectivity index (χ2v) is 4.04. The summed E-state index contributed by atoms with van der Waals surface area (Å²) in [4.78, 5) is 4.41. The third-order valence-electron chi connectivity index (χ3n) is 2.87. The topological polar surface area (TPSA) is 34.6 Å². The fourth-order valence-electron chi connectivity index (χ4n) is 1.99. The molecule has 3 aromatic rings. The molecule has 0 spiro atoms. The van der Waals surface area contributed by atoms with Gasteiger partial charge in [-0.1, -0.05) is 15.8 Å². The molecule has 17 heavy (non-hydrogen) atoms. The Morgan fingerprint density at radius 3 is 2.88 bits per heavy atom. The Morgan fingerprint density at radius 1 is 1.18 bits per heavy atom. The summed E-state index contributed by atoms with van der Waals surface area (Å²) >= 11 is 0. The van der Waals surface area contributed by atoms with Gasteiger partial charge < -0.3 is 0 Å². The maximum absolute atomic E-state index is 4.55. The van der Waals surface area contributed by atoms with Crippen LogP contribution in [0.1, 0.15) is 5.69 Å². The zero-order valence-electron chi connectivity index (χ0n) is 9.83. The van der Waals surface area contributed by atoms with Gasteiger partial charge in [0.05, 0.1) is 24.3 Å². The molecule has 0 radical (unpaired) electrons. The van der Waals surface area contributed by atoms with E-state index in [9.17, 15) is 0 Å². The average molecular weight is 225 g/mol. The predicted octanol–water partition coefficient (Wildman–Crippen LogP) is 1.55. The van der Waals surface area contributed by atoms with E-state index in [-0.39, 0.29) is 0 Å². The first-order valence-corrected chi connectivity index (χ1v) is 5.53. The summed E-state index contributed by atoms with van der Waals surface area (Å²) in [6.45, 7) is 2.00. The fourth-order valence-corrected chi connectivity index (χ4v) is 1.99. The molecule has 3 aromatic heterocycles. The molecule has 0 atom stereocenters. The van der Waals surface area contributed by atoms with E-state index in [0.29, 0.717) is 0 Å². The molecule has 0 saturated carbocycles. The van der Waals surface area contributed by atoms with Crippen molar-refractivity contribution in [2.24, 2.45) is 7.05 Å². The van der Waals surface area contributed by atoms with Crippen molar-refractivity contribution < 1.29 is 4.57 Å². The first kappa shape index (κ1) is 9.96. The highest BCUT2D eigenvalue weighted by molar-refractivity contribution is 5.78. The van der Waals surface area contributed by atoms with Crippen LogP contribution in [-0.2, 0) is 7.05 Å². The van der Waals surface area contributed by atoms with E-state index >= 15 is 0 Å².